The largest absolute Gasteiger partial charge is 0.266 e. The fourth-order valence-electron chi connectivity index (χ4n) is 2.64. The molecule has 0 radical (unpaired) electrons. The van der Waals surface area contributed by atoms with Crippen LogP contribution >= 0.6 is 0 Å². The molecule has 0 atom stereocenters. The van der Waals surface area contributed by atoms with Gasteiger partial charge in [-0.15, -0.1) is 0 Å². The van der Waals surface area contributed by atoms with Crippen LogP contribution in [0, 0.1) is 12.8 Å². The van der Waals surface area contributed by atoms with Crippen LogP contribution in [0.5, 0.6) is 0 Å². The van der Waals surface area contributed by atoms with Gasteiger partial charge in [0.2, 0.25) is 0 Å². The highest BCUT2D eigenvalue weighted by Crippen LogP contribution is 2.36. The Balaban J connectivity index is 1.95. The average molecular weight is 236 g/mol. The molecule has 1 aromatic rings. The van der Waals surface area contributed by atoms with Crippen molar-refractivity contribution in [3.05, 3.63) is 47.5 Å². The molecule has 17 heavy (non-hydrogen) atoms. The van der Waals surface area contributed by atoms with E-state index >= 15 is 0 Å². The second kappa shape index (κ2) is 5.44. The second-order valence-electron chi connectivity index (χ2n) is 4.98. The fourth-order valence-corrected chi connectivity index (χ4v) is 2.64. The van der Waals surface area contributed by atoms with E-state index in [-0.39, 0.29) is 5.92 Å². The molecule has 2 rings (SSSR count). The lowest BCUT2D eigenvalue weighted by Gasteiger charge is -2.26. The molecule has 0 spiro atoms. The molecule has 0 heterocycles. The summed E-state index contributed by atoms with van der Waals surface area (Å²) in [7, 11) is 0. The van der Waals surface area contributed by atoms with E-state index in [0.717, 1.165) is 31.8 Å². The zero-order valence-corrected chi connectivity index (χ0v) is 10.1. The molecule has 1 aliphatic rings. The third-order valence-electron chi connectivity index (χ3n) is 3.68. The molecular formula is C15H18F2. The highest BCUT2D eigenvalue weighted by Gasteiger charge is 2.21. The maximum Gasteiger partial charge on any atom is 0.266 e. The van der Waals surface area contributed by atoms with Gasteiger partial charge in [0.15, 0.2) is 0 Å². The van der Waals surface area contributed by atoms with E-state index in [9.17, 15) is 8.78 Å². The topological polar surface area (TPSA) is 0 Å². The highest BCUT2D eigenvalue weighted by atomic mass is 19.3. The Bertz CT molecular complexity index is 380. The monoisotopic (exact) mass is 236 g/mol. The van der Waals surface area contributed by atoms with Crippen molar-refractivity contribution in [1.82, 2.24) is 0 Å². The van der Waals surface area contributed by atoms with Crippen molar-refractivity contribution >= 4 is 0 Å². The number of benzene rings is 1. The zero-order valence-electron chi connectivity index (χ0n) is 10.1. The van der Waals surface area contributed by atoms with Crippen LogP contribution in [0.1, 0.15) is 42.7 Å². The predicted molar refractivity (Wildman–Crippen MR) is 66.2 cm³/mol. The normalized spacial score (nSPS) is 24.4. The van der Waals surface area contributed by atoms with Crippen LogP contribution < -0.4 is 0 Å². The summed E-state index contributed by atoms with van der Waals surface area (Å²) in [6.07, 6.45) is 3.43. The number of aryl methyl sites for hydroxylation is 1. The quantitative estimate of drug-likeness (QED) is 0.674. The molecule has 1 aliphatic carbocycles. The number of hydrogen-bond donors (Lipinski definition) is 0. The van der Waals surface area contributed by atoms with E-state index in [2.05, 4.69) is 31.2 Å². The van der Waals surface area contributed by atoms with E-state index in [1.54, 1.807) is 0 Å². The lowest BCUT2D eigenvalue weighted by atomic mass is 9.78. The minimum absolute atomic E-state index is 0.0849. The summed E-state index contributed by atoms with van der Waals surface area (Å²) in [5.74, 6) is 0.643. The first-order valence-corrected chi connectivity index (χ1v) is 6.24. The molecular weight excluding hydrogens is 218 g/mol. The first kappa shape index (κ1) is 12.3. The Hall–Kier alpha value is -1.18. The summed E-state index contributed by atoms with van der Waals surface area (Å²) < 4.78 is 24.3. The van der Waals surface area contributed by atoms with Gasteiger partial charge in [-0.05, 0) is 56.1 Å². The molecule has 0 aromatic heterocycles. The SMILES string of the molecule is Cc1ccc(C2CCC(C=C(F)F)CC2)cc1. The minimum atomic E-state index is -1.52. The van der Waals surface area contributed by atoms with Crippen molar-refractivity contribution in [2.75, 3.05) is 0 Å². The van der Waals surface area contributed by atoms with E-state index in [0.29, 0.717) is 5.92 Å². The Kier molecular flexibility index (Phi) is 3.93. The van der Waals surface area contributed by atoms with E-state index in [4.69, 9.17) is 0 Å². The summed E-state index contributed by atoms with van der Waals surface area (Å²) in [6, 6.07) is 8.60. The average Bonchev–Trinajstić information content (AvgIpc) is 2.30. The number of allylic oxidation sites excluding steroid dienone is 1. The molecule has 0 nitrogen and oxygen atoms in total. The van der Waals surface area contributed by atoms with Gasteiger partial charge in [0.05, 0.1) is 0 Å². The molecule has 0 N–H and O–H groups in total. The van der Waals surface area contributed by atoms with Crippen molar-refractivity contribution in [3.63, 3.8) is 0 Å². The molecule has 2 heteroatoms. The van der Waals surface area contributed by atoms with Gasteiger partial charge in [0, 0.05) is 0 Å². The molecule has 0 aliphatic heterocycles. The molecule has 92 valence electrons. The molecule has 0 unspecified atom stereocenters. The number of halogens is 2. The van der Waals surface area contributed by atoms with E-state index in [1.807, 2.05) is 0 Å². The summed E-state index contributed by atoms with van der Waals surface area (Å²) >= 11 is 0. The summed E-state index contributed by atoms with van der Waals surface area (Å²) in [5, 5.41) is 0. The Morgan fingerprint density at radius 1 is 1.06 bits per heavy atom. The van der Waals surface area contributed by atoms with Crippen LogP contribution in [0.25, 0.3) is 0 Å². The van der Waals surface area contributed by atoms with Gasteiger partial charge < -0.3 is 0 Å². The van der Waals surface area contributed by atoms with Gasteiger partial charge in [0.25, 0.3) is 6.08 Å². The Morgan fingerprint density at radius 3 is 2.18 bits per heavy atom. The van der Waals surface area contributed by atoms with Gasteiger partial charge in [0.1, 0.15) is 0 Å². The number of hydrogen-bond acceptors (Lipinski definition) is 0. The Labute approximate surface area is 101 Å². The molecule has 1 fully saturated rings. The van der Waals surface area contributed by atoms with Crippen LogP contribution in [0.15, 0.2) is 36.4 Å². The molecule has 1 aromatic carbocycles. The molecule has 1 saturated carbocycles. The van der Waals surface area contributed by atoms with E-state index in [1.165, 1.54) is 11.1 Å². The van der Waals surface area contributed by atoms with Gasteiger partial charge in [-0.1, -0.05) is 29.8 Å². The van der Waals surface area contributed by atoms with Gasteiger partial charge in [-0.25, -0.2) is 0 Å². The van der Waals surface area contributed by atoms with Gasteiger partial charge in [-0.3, -0.25) is 0 Å². The Morgan fingerprint density at radius 2 is 1.65 bits per heavy atom. The maximum absolute atomic E-state index is 12.1. The standard InChI is InChI=1S/C15H18F2/c1-11-2-6-13(7-3-11)14-8-4-12(5-9-14)10-15(16)17/h2-3,6-7,10,12,14H,4-5,8-9H2,1H3. The fraction of sp³-hybridized carbons (Fsp3) is 0.467. The van der Waals surface area contributed by atoms with Crippen molar-refractivity contribution < 1.29 is 8.78 Å². The first-order valence-electron chi connectivity index (χ1n) is 6.24. The zero-order chi connectivity index (χ0) is 12.3. The second-order valence-corrected chi connectivity index (χ2v) is 4.98. The third kappa shape index (κ3) is 3.39. The van der Waals surface area contributed by atoms with Gasteiger partial charge in [-0.2, -0.15) is 8.78 Å². The highest BCUT2D eigenvalue weighted by molar-refractivity contribution is 5.25. The molecule has 0 bridgehead atoms. The van der Waals surface area contributed by atoms with Crippen LogP contribution in [-0.2, 0) is 0 Å². The smallest absolute Gasteiger partial charge is 0.174 e. The summed E-state index contributed by atoms with van der Waals surface area (Å²) in [4.78, 5) is 0. The van der Waals surface area contributed by atoms with Crippen LogP contribution in [-0.4, -0.2) is 0 Å². The molecule has 0 amide bonds. The van der Waals surface area contributed by atoms with Crippen molar-refractivity contribution in [1.29, 1.82) is 0 Å². The van der Waals surface area contributed by atoms with Crippen molar-refractivity contribution in [2.24, 2.45) is 5.92 Å². The van der Waals surface area contributed by atoms with Crippen LogP contribution in [0.4, 0.5) is 8.78 Å². The molecule has 0 saturated heterocycles. The van der Waals surface area contributed by atoms with E-state index < -0.39 is 6.08 Å². The van der Waals surface area contributed by atoms with Crippen LogP contribution in [0.2, 0.25) is 0 Å². The lowest BCUT2D eigenvalue weighted by Crippen LogP contribution is -2.11. The van der Waals surface area contributed by atoms with Gasteiger partial charge >= 0.3 is 0 Å². The third-order valence-corrected chi connectivity index (χ3v) is 3.68. The lowest BCUT2D eigenvalue weighted by molar-refractivity contribution is 0.351. The minimum Gasteiger partial charge on any atom is -0.174 e. The van der Waals surface area contributed by atoms with Crippen molar-refractivity contribution in [2.45, 2.75) is 38.5 Å². The number of rotatable bonds is 2. The first-order chi connectivity index (χ1) is 8.15. The predicted octanol–water partition coefficient (Wildman–Crippen LogP) is 5.05. The van der Waals surface area contributed by atoms with Crippen molar-refractivity contribution in [3.8, 4) is 0 Å². The summed E-state index contributed by atoms with van der Waals surface area (Å²) in [6.45, 7) is 2.08. The van der Waals surface area contributed by atoms with Crippen LogP contribution in [0.3, 0.4) is 0 Å². The summed E-state index contributed by atoms with van der Waals surface area (Å²) in [5.41, 5.74) is 2.63. The maximum atomic E-state index is 12.1.